The van der Waals surface area contributed by atoms with Gasteiger partial charge in [0.1, 0.15) is 48.0 Å². The van der Waals surface area contributed by atoms with Gasteiger partial charge in [0.2, 0.25) is 5.91 Å². The van der Waals surface area contributed by atoms with Gasteiger partial charge in [0.15, 0.2) is 38.1 Å². The molecule has 566 valence electrons. The minimum absolute atomic E-state index is 0.0223. The molecule has 1 aromatic heterocycles. The van der Waals surface area contributed by atoms with E-state index in [4.69, 9.17) is 73.4 Å². The smallest absolute Gasteiger partial charge is 0.431 e. The molecular formula is C68H79Cl3F3N6O22PS. The van der Waals surface area contributed by atoms with E-state index in [1.54, 1.807) is 23.8 Å². The Hall–Kier alpha value is -8.85. The SMILES string of the molecule is CC1COc2ccccc2N1C(=O)C(Cl)Cl.CCc1ccc(COc2ccc(-n3c(=O)cc(C(F)(F)F)n(C)c3=O)cc2)c(OC(C)C(=O)OC)c1.CCc1cccc(C)c1N(C(=O)CCl)C(C)COC.CS(=O)(=O)c1ccc(C(=O)C2C(=O)CCCC2=O)c([N+](=O)[O-])c1.O=C(O)CNCP(=O)(O)O. The number of carbonyl (C=O) groups is 7. The van der Waals surface area contributed by atoms with Crippen LogP contribution in [0.25, 0.3) is 5.69 Å². The molecule has 3 unspecified atom stereocenters. The quantitative estimate of drug-likeness (QED) is 0.00882. The maximum absolute atomic E-state index is 13.1. The topological polar surface area (TPSA) is 383 Å². The first kappa shape index (κ1) is 87.6. The number of nitrogens with zero attached hydrogens (tertiary/aromatic N) is 5. The summed E-state index contributed by atoms with van der Waals surface area (Å²) in [5.74, 6) is -4.18. The van der Waals surface area contributed by atoms with E-state index >= 15 is 0 Å². The minimum atomic E-state index is -4.84. The number of ether oxygens (including phenoxy) is 5. The van der Waals surface area contributed by atoms with Crippen LogP contribution >= 0.6 is 42.4 Å². The highest BCUT2D eigenvalue weighted by Gasteiger charge is 2.40. The third-order valence-electron chi connectivity index (χ3n) is 15.3. The third-order valence-corrected chi connectivity index (χ3v) is 17.7. The second-order valence-electron chi connectivity index (χ2n) is 23.1. The number of alkyl halides is 6. The molecule has 1 aliphatic heterocycles. The number of para-hydroxylation sites is 3. The number of anilines is 2. The zero-order valence-electron chi connectivity index (χ0n) is 58.0. The highest BCUT2D eigenvalue weighted by molar-refractivity contribution is 7.90. The van der Waals surface area contributed by atoms with Crippen molar-refractivity contribution in [2.45, 2.75) is 114 Å². The van der Waals surface area contributed by atoms with E-state index in [1.807, 2.05) is 82.3 Å². The number of nitrogens with one attached hydrogen (secondary N) is 1. The summed E-state index contributed by atoms with van der Waals surface area (Å²) in [6, 6.07) is 27.8. The predicted molar refractivity (Wildman–Crippen MR) is 379 cm³/mol. The fourth-order valence-corrected chi connectivity index (χ4v) is 11.6. The molecule has 0 radical (unpaired) electrons. The average Bonchev–Trinajstić information content (AvgIpc) is 0.781. The van der Waals surface area contributed by atoms with E-state index < -0.39 is 116 Å². The molecule has 1 fully saturated rings. The number of carbonyl (C=O) groups excluding carboxylic acids is 6. The molecule has 4 N–H and O–H groups in total. The van der Waals surface area contributed by atoms with Crippen LogP contribution in [0.5, 0.6) is 17.2 Å². The number of rotatable bonds is 23. The number of benzene rings is 5. The Bertz CT molecular complexity index is 4350. The average molecular weight is 1560 g/mol. The fourth-order valence-electron chi connectivity index (χ4n) is 10.3. The van der Waals surface area contributed by atoms with Crippen molar-refractivity contribution in [3.05, 3.63) is 174 Å². The van der Waals surface area contributed by atoms with E-state index in [2.05, 4.69) is 18.3 Å². The molecular weight excluding hydrogens is 1480 g/mol. The second-order valence-corrected chi connectivity index (χ2v) is 28.1. The number of ketones is 3. The molecule has 3 atom stereocenters. The summed E-state index contributed by atoms with van der Waals surface area (Å²) in [6.07, 6.45) is -3.26. The maximum atomic E-state index is 13.1. The largest absolute Gasteiger partial charge is 0.489 e. The molecule has 0 saturated heterocycles. The summed E-state index contributed by atoms with van der Waals surface area (Å²) in [5.41, 5.74) is 0.962. The van der Waals surface area contributed by atoms with Crippen LogP contribution in [0, 0.1) is 23.0 Å². The van der Waals surface area contributed by atoms with Crippen LogP contribution in [0.2, 0.25) is 0 Å². The van der Waals surface area contributed by atoms with Crippen LogP contribution in [-0.2, 0) is 85.3 Å². The number of aromatic nitrogens is 2. The van der Waals surface area contributed by atoms with Gasteiger partial charge in [-0.2, -0.15) is 13.2 Å². The van der Waals surface area contributed by atoms with Crippen molar-refractivity contribution in [2.75, 3.05) is 62.2 Å². The van der Waals surface area contributed by atoms with Crippen LogP contribution in [0.3, 0.4) is 0 Å². The highest BCUT2D eigenvalue weighted by atomic mass is 35.5. The number of nitro groups is 1. The summed E-state index contributed by atoms with van der Waals surface area (Å²) in [4.78, 5) is 135. The lowest BCUT2D eigenvalue weighted by Gasteiger charge is -2.35. The molecule has 8 rings (SSSR count). The van der Waals surface area contributed by atoms with Crippen molar-refractivity contribution in [3.8, 4) is 22.9 Å². The minimum Gasteiger partial charge on any atom is -0.489 e. The van der Waals surface area contributed by atoms with E-state index in [0.717, 1.165) is 72.4 Å². The second kappa shape index (κ2) is 39.9. The van der Waals surface area contributed by atoms with Crippen molar-refractivity contribution >= 4 is 110 Å². The molecule has 2 aliphatic rings. The van der Waals surface area contributed by atoms with Gasteiger partial charge in [0.25, 0.3) is 17.2 Å². The van der Waals surface area contributed by atoms with Crippen molar-refractivity contribution in [2.24, 2.45) is 13.0 Å². The van der Waals surface area contributed by atoms with Gasteiger partial charge in [-0.05, 0) is 118 Å². The van der Waals surface area contributed by atoms with Crippen molar-refractivity contribution in [1.82, 2.24) is 14.5 Å². The van der Waals surface area contributed by atoms with Crippen LogP contribution in [-0.4, -0.2) is 154 Å². The zero-order valence-corrected chi connectivity index (χ0v) is 62.0. The molecule has 0 bridgehead atoms. The molecule has 0 spiro atoms. The van der Waals surface area contributed by atoms with E-state index in [1.165, 1.54) is 31.4 Å². The van der Waals surface area contributed by atoms with E-state index in [-0.39, 0.29) is 59.8 Å². The first-order chi connectivity index (χ1) is 48.7. The zero-order chi connectivity index (χ0) is 78.3. The number of Topliss-reactive ketones (excluding diaryl/α,β-unsaturated/α-hetero) is 3. The van der Waals surface area contributed by atoms with Crippen molar-refractivity contribution in [3.63, 3.8) is 0 Å². The first-order valence-electron chi connectivity index (χ1n) is 31.5. The Morgan fingerprint density at radius 2 is 1.52 bits per heavy atom. The number of hydrogen-bond donors (Lipinski definition) is 4. The molecule has 5 aromatic carbocycles. The Morgan fingerprint density at radius 3 is 2.06 bits per heavy atom. The van der Waals surface area contributed by atoms with Gasteiger partial charge in [-0.25, -0.2) is 22.6 Å². The molecule has 2 amide bonds. The van der Waals surface area contributed by atoms with Gasteiger partial charge in [0.05, 0.1) is 71.1 Å². The number of aliphatic carboxylic acids is 1. The number of amides is 2. The fraction of sp³-hybridized carbons (Fsp3) is 0.397. The predicted octanol–water partition coefficient (Wildman–Crippen LogP) is 9.32. The number of carboxylic acid groups (broad SMARTS) is 1. The number of esters is 1. The summed E-state index contributed by atoms with van der Waals surface area (Å²) in [6.45, 7) is 12.1. The Morgan fingerprint density at radius 1 is 0.885 bits per heavy atom. The summed E-state index contributed by atoms with van der Waals surface area (Å²) in [7, 11) is -3.94. The molecule has 6 aromatic rings. The number of hydrogen-bond acceptors (Lipinski definition) is 20. The Balaban J connectivity index is 0.000000293. The number of aryl methyl sites for hydroxylation is 3. The molecule has 36 heteroatoms. The van der Waals surface area contributed by atoms with Gasteiger partial charge < -0.3 is 48.4 Å². The number of halogens is 6. The summed E-state index contributed by atoms with van der Waals surface area (Å²) in [5, 5.41) is 21.2. The van der Waals surface area contributed by atoms with E-state index in [9.17, 15) is 79.4 Å². The van der Waals surface area contributed by atoms with Gasteiger partial charge in [0, 0.05) is 51.0 Å². The van der Waals surface area contributed by atoms with Crippen molar-refractivity contribution in [1.29, 1.82) is 0 Å². The van der Waals surface area contributed by atoms with Gasteiger partial charge in [-0.3, -0.25) is 58.1 Å². The standard InChI is InChI=1S/C25H25F3N2O6.C15H22ClNO2.C14H13NO7S.C11H11Cl2NO2.C3H8NO5P/c1-5-16-6-7-17(20(12-16)36-15(2)23(32)34-4)14-35-19-10-8-18(9-11-19)30-22(31)13-21(25(26,27)28)29(3)24(30)33;1-5-13-8-6-7-11(2)15(13)17(14(18)9-16)12(3)10-19-4;1-23(21,22)8-5-6-9(10(7-8)15(19)20)14(18)13-11(16)3-2-4-12(13)17;1-7-6-16-9-5-3-2-4-8(9)14(7)11(15)10(12)13;5-3(6)1-4-2-10(7,8)9/h6-13,15H,5,14H2,1-4H3;6-8,12H,5,9-10H2,1-4H3;5-7,13H,2-4H2,1H3;2-5,7,10H,6H2,1H3;4H,1-2H2,(H,5,6)(H2,7,8,9). The molecule has 28 nitrogen and oxygen atoms in total. The summed E-state index contributed by atoms with van der Waals surface area (Å²) < 4.78 is 100. The molecule has 1 saturated carbocycles. The number of methoxy groups -OCH3 is 2. The van der Waals surface area contributed by atoms with Crippen LogP contribution in [0.15, 0.2) is 124 Å². The lowest BCUT2D eigenvalue weighted by molar-refractivity contribution is -0.385. The monoisotopic (exact) mass is 1560 g/mol. The van der Waals surface area contributed by atoms with Crippen LogP contribution < -0.4 is 40.6 Å². The number of sulfone groups is 1. The molecule has 2 heterocycles. The lowest BCUT2D eigenvalue weighted by atomic mass is 9.81. The first-order valence-corrected chi connectivity index (χ1v) is 36.6. The summed E-state index contributed by atoms with van der Waals surface area (Å²) >= 11 is 17.0. The normalized spacial score (nSPS) is 14.1. The van der Waals surface area contributed by atoms with Crippen LogP contribution in [0.4, 0.5) is 30.2 Å². The third kappa shape index (κ3) is 24.9. The van der Waals surface area contributed by atoms with Gasteiger partial charge >= 0.3 is 31.4 Å². The Labute approximate surface area is 611 Å². The molecule has 1 aliphatic carbocycles. The number of fused-ring (bicyclic) bond motifs is 1. The van der Waals surface area contributed by atoms with Crippen molar-refractivity contribution < 1.29 is 103 Å². The Kier molecular flexibility index (Phi) is 33.6. The highest BCUT2D eigenvalue weighted by Crippen LogP contribution is 2.36. The van der Waals surface area contributed by atoms with Crippen LogP contribution in [0.1, 0.15) is 92.2 Å². The maximum Gasteiger partial charge on any atom is 0.431 e. The number of nitro benzene ring substituents is 1. The van der Waals surface area contributed by atoms with Gasteiger partial charge in [-0.1, -0.05) is 79.5 Å². The lowest BCUT2D eigenvalue weighted by Crippen LogP contribution is -2.47. The number of carboxylic acids is 1. The van der Waals surface area contributed by atoms with E-state index in [0.29, 0.717) is 57.6 Å². The van der Waals surface area contributed by atoms with Gasteiger partial charge in [-0.15, -0.1) is 11.6 Å². The molecule has 104 heavy (non-hydrogen) atoms.